The topological polar surface area (TPSA) is 92.3 Å². The molecule has 1 unspecified atom stereocenters. The highest BCUT2D eigenvalue weighted by Gasteiger charge is 2.27. The van der Waals surface area contributed by atoms with Crippen LogP contribution in [0.3, 0.4) is 0 Å². The zero-order valence-corrected chi connectivity index (χ0v) is 20.6. The number of pyridine rings is 1. The lowest BCUT2D eigenvalue weighted by molar-refractivity contribution is 0.103. The summed E-state index contributed by atoms with van der Waals surface area (Å²) >= 11 is 0. The quantitative estimate of drug-likeness (QED) is 0.276. The lowest BCUT2D eigenvalue weighted by atomic mass is 9.96. The van der Waals surface area contributed by atoms with Gasteiger partial charge in [0.25, 0.3) is 5.56 Å². The monoisotopic (exact) mass is 472 g/mol. The molecule has 0 saturated carbocycles. The largest absolute Gasteiger partial charge is 0.494 e. The molecule has 2 aromatic carbocycles. The molecule has 35 heavy (non-hydrogen) atoms. The van der Waals surface area contributed by atoms with E-state index in [1.54, 1.807) is 31.2 Å². The summed E-state index contributed by atoms with van der Waals surface area (Å²) in [6, 6.07) is 17.2. The van der Waals surface area contributed by atoms with Gasteiger partial charge in [0.05, 0.1) is 18.2 Å². The minimum Gasteiger partial charge on any atom is -0.494 e. The van der Waals surface area contributed by atoms with Crippen molar-refractivity contribution in [2.24, 2.45) is 0 Å². The van der Waals surface area contributed by atoms with Crippen molar-refractivity contribution >= 4 is 5.78 Å². The summed E-state index contributed by atoms with van der Waals surface area (Å²) in [6.07, 6.45) is 5.73. The molecular formula is C29H32N2O4. The molecule has 3 aromatic rings. The third-order valence-corrected chi connectivity index (χ3v) is 6.28. The van der Waals surface area contributed by atoms with Gasteiger partial charge in [0, 0.05) is 5.56 Å². The predicted octanol–water partition coefficient (Wildman–Crippen LogP) is 5.92. The number of nitriles is 1. The second-order valence-corrected chi connectivity index (χ2v) is 8.69. The second kappa shape index (κ2) is 12.0. The molecule has 6 heteroatoms. The minimum atomic E-state index is -0.627. The van der Waals surface area contributed by atoms with E-state index < -0.39 is 23.3 Å². The number of unbranched alkanes of at least 4 members (excludes halogenated alkanes) is 4. The van der Waals surface area contributed by atoms with Crippen molar-refractivity contribution < 1.29 is 14.6 Å². The lowest BCUT2D eigenvalue weighted by Gasteiger charge is -2.21. The summed E-state index contributed by atoms with van der Waals surface area (Å²) in [4.78, 5) is 26.5. The van der Waals surface area contributed by atoms with Crippen molar-refractivity contribution in [2.45, 2.75) is 58.9 Å². The van der Waals surface area contributed by atoms with Crippen molar-refractivity contribution in [1.29, 1.82) is 5.26 Å². The number of aromatic nitrogens is 1. The van der Waals surface area contributed by atoms with E-state index in [0.717, 1.165) is 23.0 Å². The van der Waals surface area contributed by atoms with Crippen LogP contribution in [-0.2, 0) is 0 Å². The highest BCUT2D eigenvalue weighted by molar-refractivity contribution is 6.11. The van der Waals surface area contributed by atoms with E-state index in [9.17, 15) is 20.0 Å². The number of ether oxygens (including phenoxy) is 1. The SMILES string of the molecule is CCCCCCCOc1ccc(C(=O)c2c(C)c(C#N)c(=O)n(C(C)c3ccccc3)c2O)cc1. The molecule has 6 nitrogen and oxygen atoms in total. The predicted molar refractivity (Wildman–Crippen MR) is 136 cm³/mol. The fourth-order valence-electron chi connectivity index (χ4n) is 4.18. The number of carbonyl (C=O) groups is 1. The lowest BCUT2D eigenvalue weighted by Crippen LogP contribution is -2.29. The molecule has 0 aliphatic heterocycles. The molecule has 0 saturated heterocycles. The Balaban J connectivity index is 1.89. The van der Waals surface area contributed by atoms with E-state index in [0.29, 0.717) is 17.9 Å². The van der Waals surface area contributed by atoms with Gasteiger partial charge in [-0.3, -0.25) is 14.2 Å². The standard InChI is InChI=1S/C29H32N2O4/c1-4-5-6-7-11-18-35-24-16-14-23(15-17-24)27(32)26-20(2)25(19-30)28(33)31(29(26)34)21(3)22-12-9-8-10-13-22/h8-10,12-17,21,34H,4-7,11,18H2,1-3H3. The van der Waals surface area contributed by atoms with E-state index in [1.807, 2.05) is 36.4 Å². The molecular weight excluding hydrogens is 440 g/mol. The Morgan fingerprint density at radius 1 is 1.06 bits per heavy atom. The maximum atomic E-state index is 13.4. The van der Waals surface area contributed by atoms with Gasteiger partial charge in [-0.15, -0.1) is 0 Å². The zero-order valence-electron chi connectivity index (χ0n) is 20.6. The van der Waals surface area contributed by atoms with Gasteiger partial charge < -0.3 is 9.84 Å². The van der Waals surface area contributed by atoms with Crippen LogP contribution in [0.5, 0.6) is 11.6 Å². The van der Waals surface area contributed by atoms with Crippen molar-refractivity contribution in [1.82, 2.24) is 4.57 Å². The number of hydrogen-bond acceptors (Lipinski definition) is 5. The highest BCUT2D eigenvalue weighted by atomic mass is 16.5. The Labute approximate surface area is 206 Å². The molecule has 1 N–H and O–H groups in total. The summed E-state index contributed by atoms with van der Waals surface area (Å²) in [5, 5.41) is 20.8. The average molecular weight is 473 g/mol. The fraction of sp³-hybridized carbons (Fsp3) is 0.345. The van der Waals surface area contributed by atoms with Crippen LogP contribution in [0.25, 0.3) is 0 Å². The summed E-state index contributed by atoms with van der Waals surface area (Å²) in [5.41, 5.74) is 0.444. The smallest absolute Gasteiger partial charge is 0.272 e. The summed E-state index contributed by atoms with van der Waals surface area (Å²) in [6.45, 7) is 6.06. The molecule has 182 valence electrons. The van der Waals surface area contributed by atoms with E-state index in [-0.39, 0.29) is 16.7 Å². The Morgan fingerprint density at radius 3 is 2.34 bits per heavy atom. The molecule has 1 atom stereocenters. The Morgan fingerprint density at radius 2 is 1.71 bits per heavy atom. The van der Waals surface area contributed by atoms with Crippen LogP contribution in [0, 0.1) is 18.3 Å². The van der Waals surface area contributed by atoms with E-state index in [4.69, 9.17) is 4.74 Å². The number of benzene rings is 2. The number of ketones is 1. The van der Waals surface area contributed by atoms with Crippen LogP contribution >= 0.6 is 0 Å². The van der Waals surface area contributed by atoms with Crippen molar-refractivity contribution in [3.8, 4) is 17.7 Å². The molecule has 0 spiro atoms. The van der Waals surface area contributed by atoms with Gasteiger partial charge in [0.15, 0.2) is 5.78 Å². The molecule has 0 fully saturated rings. The van der Waals surface area contributed by atoms with Gasteiger partial charge in [-0.1, -0.05) is 62.9 Å². The van der Waals surface area contributed by atoms with Gasteiger partial charge in [0.2, 0.25) is 5.88 Å². The summed E-state index contributed by atoms with van der Waals surface area (Å²) in [7, 11) is 0. The van der Waals surface area contributed by atoms with Crippen LogP contribution in [0.1, 0.15) is 84.6 Å². The van der Waals surface area contributed by atoms with E-state index >= 15 is 0 Å². The van der Waals surface area contributed by atoms with Gasteiger partial charge in [-0.2, -0.15) is 5.26 Å². The summed E-state index contributed by atoms with van der Waals surface area (Å²) < 4.78 is 6.89. The molecule has 0 bridgehead atoms. The molecule has 0 aliphatic rings. The number of aromatic hydroxyl groups is 1. The highest BCUT2D eigenvalue weighted by Crippen LogP contribution is 2.30. The van der Waals surface area contributed by atoms with E-state index in [1.165, 1.54) is 26.2 Å². The maximum Gasteiger partial charge on any atom is 0.272 e. The molecule has 0 amide bonds. The first-order valence-electron chi connectivity index (χ1n) is 12.1. The normalized spacial score (nSPS) is 11.6. The number of nitrogens with zero attached hydrogens (tertiary/aromatic N) is 2. The number of hydrogen-bond donors (Lipinski definition) is 1. The van der Waals surface area contributed by atoms with Crippen LogP contribution in [0.4, 0.5) is 0 Å². The fourth-order valence-corrected chi connectivity index (χ4v) is 4.18. The minimum absolute atomic E-state index is 0.0477. The van der Waals surface area contributed by atoms with E-state index in [2.05, 4.69) is 6.92 Å². The van der Waals surface area contributed by atoms with Crippen molar-refractivity contribution in [2.75, 3.05) is 6.61 Å². The van der Waals surface area contributed by atoms with Crippen LogP contribution in [0.15, 0.2) is 59.4 Å². The van der Waals surface area contributed by atoms with Crippen LogP contribution in [0.2, 0.25) is 0 Å². The third kappa shape index (κ3) is 5.81. The molecule has 3 rings (SSSR count). The van der Waals surface area contributed by atoms with Crippen LogP contribution in [-0.4, -0.2) is 22.1 Å². The molecule has 1 heterocycles. The van der Waals surface area contributed by atoms with Gasteiger partial charge in [-0.25, -0.2) is 0 Å². The van der Waals surface area contributed by atoms with Gasteiger partial charge in [0.1, 0.15) is 17.4 Å². The molecule has 0 radical (unpaired) electrons. The Hall–Kier alpha value is -3.85. The van der Waals surface area contributed by atoms with Crippen molar-refractivity contribution in [3.05, 3.63) is 92.8 Å². The summed E-state index contributed by atoms with van der Waals surface area (Å²) in [5.74, 6) is -0.241. The first-order chi connectivity index (χ1) is 16.9. The zero-order chi connectivity index (χ0) is 25.4. The first-order valence-corrected chi connectivity index (χ1v) is 12.1. The molecule has 0 aliphatic carbocycles. The Bertz CT molecular complexity index is 1260. The third-order valence-electron chi connectivity index (χ3n) is 6.28. The van der Waals surface area contributed by atoms with Gasteiger partial charge in [-0.05, 0) is 55.7 Å². The van der Waals surface area contributed by atoms with Crippen LogP contribution < -0.4 is 10.3 Å². The number of rotatable bonds is 11. The van der Waals surface area contributed by atoms with Crippen molar-refractivity contribution in [3.63, 3.8) is 0 Å². The molecule has 1 aromatic heterocycles. The average Bonchev–Trinajstić information content (AvgIpc) is 2.87. The second-order valence-electron chi connectivity index (χ2n) is 8.69. The Kier molecular flexibility index (Phi) is 8.86. The first kappa shape index (κ1) is 25.8. The number of carbonyl (C=O) groups excluding carboxylic acids is 1. The van der Waals surface area contributed by atoms with Gasteiger partial charge >= 0.3 is 0 Å². The maximum absolute atomic E-state index is 13.4.